The fourth-order valence-electron chi connectivity index (χ4n) is 3.85. The van der Waals surface area contributed by atoms with E-state index in [1.807, 2.05) is 0 Å². The molecule has 6 N–H and O–H groups in total. The molecular weight excluding hydrogens is 371 g/mol. The maximum absolute atomic E-state index is 12.3. The Kier molecular flexibility index (Phi) is 3.85. The van der Waals surface area contributed by atoms with Crippen molar-refractivity contribution in [2.75, 3.05) is 19.7 Å². The summed E-state index contributed by atoms with van der Waals surface area (Å²) in [6.07, 6.45) is 0.000244. The van der Waals surface area contributed by atoms with Crippen LogP contribution in [0.2, 0.25) is 5.82 Å². The second-order valence-corrected chi connectivity index (χ2v) is 7.81. The average molecular weight is 394 g/mol. The van der Waals surface area contributed by atoms with Gasteiger partial charge < -0.3 is 40.3 Å². The van der Waals surface area contributed by atoms with Gasteiger partial charge in [-0.25, -0.2) is 4.79 Å². The van der Waals surface area contributed by atoms with Gasteiger partial charge in [-0.3, -0.25) is 4.79 Å². The molecule has 0 unspecified atom stereocenters. The van der Waals surface area contributed by atoms with Gasteiger partial charge in [0, 0.05) is 1.37 Å². The Morgan fingerprint density at radius 3 is 2.79 bits per heavy atom. The Labute approximate surface area is 161 Å². The van der Waals surface area contributed by atoms with E-state index in [0.717, 1.165) is 0 Å². The molecule has 0 radical (unpaired) electrons. The zero-order valence-electron chi connectivity index (χ0n) is 15.9. The Hall–Kier alpha value is -2.34. The minimum Gasteiger partial charge on any atom is -0.669 e. The normalized spacial score (nSPS) is 27.3. The van der Waals surface area contributed by atoms with Crippen LogP contribution in [0.15, 0.2) is 12.1 Å². The van der Waals surface area contributed by atoms with Gasteiger partial charge in [0.1, 0.15) is 23.0 Å². The van der Waals surface area contributed by atoms with Crippen molar-refractivity contribution in [1.29, 1.82) is 0 Å². The van der Waals surface area contributed by atoms with Gasteiger partial charge in [-0.1, -0.05) is 18.3 Å². The summed E-state index contributed by atoms with van der Waals surface area (Å²) in [4.78, 5) is 25.5. The largest absolute Gasteiger partial charge is 0.669 e. The predicted molar refractivity (Wildman–Crippen MR) is 96.0 cm³/mol. The number of ether oxygens (including phenoxy) is 1. The van der Waals surface area contributed by atoms with Gasteiger partial charge in [0.25, 0.3) is 0 Å². The minimum absolute atomic E-state index is 0.000658. The summed E-state index contributed by atoms with van der Waals surface area (Å²) < 4.78 is 18.3. The van der Waals surface area contributed by atoms with Crippen LogP contribution < -0.4 is 15.1 Å². The van der Waals surface area contributed by atoms with Crippen LogP contribution in [0, 0.1) is 0 Å². The number of aliphatic hydroxyl groups is 1. The highest BCUT2D eigenvalue weighted by atomic mass is 16.6. The Balaban J connectivity index is 1.51. The highest BCUT2D eigenvalue weighted by Crippen LogP contribution is 2.63. The molecule has 2 heterocycles. The van der Waals surface area contributed by atoms with Crippen molar-refractivity contribution >= 4 is 18.6 Å². The topological polar surface area (TPSA) is 163 Å². The van der Waals surface area contributed by atoms with Crippen LogP contribution in [0.25, 0.3) is 0 Å². The standard InChI is InChI=1S/C17H22BN2O8/c1-17(19,7-21)16(24)20-5-8(6-20)27-12-3-2-9-10-4-11(10)18(25,26)28-14(9)13(12)15(22)23/h2-3,8,10-11,21,25-26H,4-7,19H2,1H3,(H,22,23)/q-1/t10-,11-,17+/m1/s1/i1D. The number of rotatable bonds is 5. The first kappa shape index (κ1) is 17.7. The van der Waals surface area contributed by atoms with Crippen LogP contribution in [0.5, 0.6) is 11.5 Å². The third-order valence-electron chi connectivity index (χ3n) is 5.59. The number of aromatic carboxylic acids is 1. The van der Waals surface area contributed by atoms with Crippen LogP contribution in [-0.2, 0) is 4.79 Å². The van der Waals surface area contributed by atoms with E-state index in [2.05, 4.69) is 0 Å². The number of nitrogens with zero attached hydrogens (tertiary/aromatic N) is 1. The van der Waals surface area contributed by atoms with E-state index in [9.17, 15) is 29.9 Å². The lowest BCUT2D eigenvalue weighted by Gasteiger charge is -2.42. The van der Waals surface area contributed by atoms with E-state index in [0.29, 0.717) is 12.0 Å². The van der Waals surface area contributed by atoms with Gasteiger partial charge in [-0.2, -0.15) is 0 Å². The zero-order chi connectivity index (χ0) is 21.1. The second kappa shape index (κ2) is 6.08. The number of carbonyl (C=O) groups is 2. The van der Waals surface area contributed by atoms with Crippen molar-refractivity contribution in [3.63, 3.8) is 0 Å². The molecule has 1 saturated heterocycles. The van der Waals surface area contributed by atoms with Crippen molar-refractivity contribution in [1.82, 2.24) is 4.90 Å². The van der Waals surface area contributed by atoms with E-state index >= 15 is 0 Å². The summed E-state index contributed by atoms with van der Waals surface area (Å²) >= 11 is 0. The maximum atomic E-state index is 12.3. The smallest absolute Gasteiger partial charge is 0.434 e. The van der Waals surface area contributed by atoms with E-state index in [4.69, 9.17) is 16.5 Å². The van der Waals surface area contributed by atoms with Crippen LogP contribution in [-0.4, -0.2) is 75.1 Å². The van der Waals surface area contributed by atoms with Gasteiger partial charge >= 0.3 is 12.7 Å². The lowest BCUT2D eigenvalue weighted by molar-refractivity contribution is -0.146. The number of carbonyl (C=O) groups excluding carboxylic acids is 1. The lowest BCUT2D eigenvalue weighted by Crippen LogP contribution is -2.64. The van der Waals surface area contributed by atoms with Crippen LogP contribution in [0.3, 0.4) is 0 Å². The second-order valence-electron chi connectivity index (χ2n) is 7.81. The SMILES string of the molecule is [2H]C[C@](N)(CO)C(=O)N1CC(Oc2ccc3c(c2C(=O)O)O[B-](O)(O)[C@@H]2C[C@H]32)C1. The number of hydrogen-bond acceptors (Lipinski definition) is 8. The third kappa shape index (κ3) is 2.91. The van der Waals surface area contributed by atoms with E-state index in [1.54, 1.807) is 6.07 Å². The number of carboxylic acid groups (broad SMARTS) is 1. The van der Waals surface area contributed by atoms with E-state index in [-0.39, 0.29) is 36.1 Å². The molecule has 0 spiro atoms. The fraction of sp³-hybridized carbons (Fsp3) is 0.529. The summed E-state index contributed by atoms with van der Waals surface area (Å²) in [6, 6.07) is 3.16. The summed E-state index contributed by atoms with van der Waals surface area (Å²) in [6.45, 7) is -4.02. The van der Waals surface area contributed by atoms with Gasteiger partial charge in [-0.05, 0) is 24.4 Å². The number of benzene rings is 1. The van der Waals surface area contributed by atoms with Crippen LogP contribution in [0.4, 0.5) is 0 Å². The first-order valence-corrected chi connectivity index (χ1v) is 8.94. The number of amides is 1. The van der Waals surface area contributed by atoms with E-state index in [1.165, 1.54) is 11.0 Å². The van der Waals surface area contributed by atoms with Gasteiger partial charge in [-0.15, -0.1) is 0 Å². The highest BCUT2D eigenvalue weighted by Gasteiger charge is 2.55. The molecule has 1 saturated carbocycles. The number of hydrogen-bond donors (Lipinski definition) is 5. The minimum atomic E-state index is -3.13. The number of nitrogens with two attached hydrogens (primary N) is 1. The van der Waals surface area contributed by atoms with Crippen LogP contribution >= 0.6 is 0 Å². The molecular formula is C17H22BN2O8-. The fourth-order valence-corrected chi connectivity index (χ4v) is 3.85. The molecule has 2 aliphatic heterocycles. The summed E-state index contributed by atoms with van der Waals surface area (Å²) in [5, 5.41) is 39.0. The van der Waals surface area contributed by atoms with Gasteiger partial charge in [0.15, 0.2) is 0 Å². The Bertz CT molecular complexity index is 871. The Morgan fingerprint density at radius 1 is 1.46 bits per heavy atom. The van der Waals surface area contributed by atoms with E-state index < -0.39 is 49.6 Å². The molecule has 2 fully saturated rings. The summed E-state index contributed by atoms with van der Waals surface area (Å²) in [5.74, 6) is -2.58. The highest BCUT2D eigenvalue weighted by molar-refractivity contribution is 6.62. The molecule has 1 amide bonds. The molecule has 1 aliphatic carbocycles. The molecule has 4 rings (SSSR count). The quantitative estimate of drug-likeness (QED) is 0.388. The first-order chi connectivity index (χ1) is 13.6. The molecule has 3 atom stereocenters. The monoisotopic (exact) mass is 394 g/mol. The predicted octanol–water partition coefficient (Wildman–Crippen LogP) is -1.14. The molecule has 3 aliphatic rings. The number of carboxylic acids is 1. The lowest BCUT2D eigenvalue weighted by atomic mass is 9.68. The van der Waals surface area contributed by atoms with Crippen molar-refractivity contribution in [2.45, 2.75) is 36.7 Å². The Morgan fingerprint density at radius 2 is 2.18 bits per heavy atom. The van der Waals surface area contributed by atoms with Crippen molar-refractivity contribution in [3.05, 3.63) is 23.3 Å². The van der Waals surface area contributed by atoms with Crippen molar-refractivity contribution in [2.24, 2.45) is 5.73 Å². The molecule has 1 aromatic rings. The molecule has 10 nitrogen and oxygen atoms in total. The molecule has 28 heavy (non-hydrogen) atoms. The van der Waals surface area contributed by atoms with Crippen molar-refractivity contribution in [3.8, 4) is 11.5 Å². The number of aliphatic hydroxyl groups excluding tert-OH is 1. The average Bonchev–Trinajstić information content (AvgIpc) is 3.44. The third-order valence-corrected chi connectivity index (χ3v) is 5.59. The molecule has 0 aromatic heterocycles. The van der Waals surface area contributed by atoms with Crippen LogP contribution in [0.1, 0.15) is 36.5 Å². The van der Waals surface area contributed by atoms with Gasteiger partial charge in [0.2, 0.25) is 5.91 Å². The molecule has 152 valence electrons. The maximum Gasteiger partial charge on any atom is 0.434 e. The number of likely N-dealkylation sites (tertiary alicyclic amines) is 1. The molecule has 1 aromatic carbocycles. The van der Waals surface area contributed by atoms with Gasteiger partial charge in [0.05, 0.1) is 25.4 Å². The van der Waals surface area contributed by atoms with Crippen molar-refractivity contribution < 1.29 is 40.6 Å². The zero-order valence-corrected chi connectivity index (χ0v) is 14.9. The summed E-state index contributed by atoms with van der Waals surface area (Å²) in [5.41, 5.74) is 4.36. The number of fused-ring (bicyclic) bond motifs is 3. The summed E-state index contributed by atoms with van der Waals surface area (Å²) in [7, 11) is 0. The molecule has 0 bridgehead atoms. The molecule has 11 heteroatoms. The first-order valence-electron chi connectivity index (χ1n) is 9.65.